The summed E-state index contributed by atoms with van der Waals surface area (Å²) in [7, 11) is 5.81. The number of hydrogen-bond acceptors (Lipinski definition) is 2. The summed E-state index contributed by atoms with van der Waals surface area (Å²) >= 11 is 0. The van der Waals surface area contributed by atoms with Gasteiger partial charge in [0.2, 0.25) is 5.60 Å². The first-order valence-electron chi connectivity index (χ1n) is 8.00. The van der Waals surface area contributed by atoms with Crippen LogP contribution in [0.25, 0.3) is 22.1 Å². The Balaban J connectivity index is 2.00. The lowest BCUT2D eigenvalue weighted by Gasteiger charge is -2.23. The first-order valence-corrected chi connectivity index (χ1v) is 8.00. The molecule has 4 aromatic rings. The summed E-state index contributed by atoms with van der Waals surface area (Å²) in [5.41, 5.74) is 3.58. The molecule has 0 bridgehead atoms. The number of fused-ring (bicyclic) bond motifs is 2. The number of hydrogen-bond donors (Lipinski definition) is 1. The quantitative estimate of drug-likeness (QED) is 0.590. The fourth-order valence-corrected chi connectivity index (χ4v) is 3.51. The Labute approximate surface area is 140 Å². The number of para-hydroxylation sites is 4. The number of aromatic nitrogens is 4. The molecule has 1 N–H and O–H groups in total. The van der Waals surface area contributed by atoms with Gasteiger partial charge in [0.25, 0.3) is 5.82 Å². The largest absolute Gasteiger partial charge is 0.359 e. The van der Waals surface area contributed by atoms with Gasteiger partial charge in [-0.3, -0.25) is 0 Å². The van der Waals surface area contributed by atoms with Crippen LogP contribution in [-0.2, 0) is 24.4 Å². The molecule has 1 unspecified atom stereocenters. The molecule has 2 aromatic heterocycles. The number of H-pyrrole nitrogens is 1. The SMILES string of the molecule is COC(C)(c1nc2ccccc2n1C)c1[nH]c2ccccc2[n+]1C. The highest BCUT2D eigenvalue weighted by molar-refractivity contribution is 5.76. The van der Waals surface area contributed by atoms with E-state index in [0.717, 1.165) is 33.7 Å². The molecule has 0 aliphatic rings. The third-order valence-electron chi connectivity index (χ3n) is 4.93. The van der Waals surface area contributed by atoms with Crippen LogP contribution in [-0.4, -0.2) is 21.6 Å². The summed E-state index contributed by atoms with van der Waals surface area (Å²) in [5.74, 6) is 1.83. The van der Waals surface area contributed by atoms with Crippen molar-refractivity contribution in [2.24, 2.45) is 14.1 Å². The Morgan fingerprint density at radius 3 is 2.54 bits per heavy atom. The smallest absolute Gasteiger partial charge is 0.295 e. The molecule has 122 valence electrons. The van der Waals surface area contributed by atoms with Gasteiger partial charge < -0.3 is 9.30 Å². The lowest BCUT2D eigenvalue weighted by Crippen LogP contribution is -2.43. The van der Waals surface area contributed by atoms with Crippen molar-refractivity contribution in [3.05, 3.63) is 60.2 Å². The summed E-state index contributed by atoms with van der Waals surface area (Å²) in [6.07, 6.45) is 0. The van der Waals surface area contributed by atoms with Gasteiger partial charge in [-0.25, -0.2) is 14.5 Å². The Morgan fingerprint density at radius 2 is 1.83 bits per heavy atom. The van der Waals surface area contributed by atoms with Gasteiger partial charge >= 0.3 is 0 Å². The Kier molecular flexibility index (Phi) is 3.21. The zero-order chi connectivity index (χ0) is 16.9. The molecule has 0 radical (unpaired) electrons. The first kappa shape index (κ1) is 14.9. The van der Waals surface area contributed by atoms with Crippen molar-refractivity contribution in [2.45, 2.75) is 12.5 Å². The zero-order valence-electron chi connectivity index (χ0n) is 14.4. The van der Waals surface area contributed by atoms with Gasteiger partial charge in [-0.2, -0.15) is 0 Å². The van der Waals surface area contributed by atoms with Gasteiger partial charge in [-0.1, -0.05) is 24.3 Å². The third kappa shape index (κ3) is 1.91. The number of imidazole rings is 2. The minimum absolute atomic E-state index is 0.693. The molecular weight excluding hydrogens is 300 g/mol. The number of benzene rings is 2. The third-order valence-corrected chi connectivity index (χ3v) is 4.93. The maximum absolute atomic E-state index is 6.00. The number of methoxy groups -OCH3 is 1. The van der Waals surface area contributed by atoms with Crippen molar-refractivity contribution in [1.82, 2.24) is 14.5 Å². The zero-order valence-corrected chi connectivity index (χ0v) is 14.4. The molecule has 4 rings (SSSR count). The summed E-state index contributed by atoms with van der Waals surface area (Å²) in [6, 6.07) is 16.4. The Morgan fingerprint density at radius 1 is 1.12 bits per heavy atom. The maximum atomic E-state index is 6.00. The minimum atomic E-state index is -0.693. The molecule has 0 saturated heterocycles. The molecule has 1 atom stereocenters. The first-order chi connectivity index (χ1) is 11.6. The predicted octanol–water partition coefficient (Wildman–Crippen LogP) is 2.79. The molecule has 24 heavy (non-hydrogen) atoms. The van der Waals surface area contributed by atoms with Crippen molar-refractivity contribution < 1.29 is 9.30 Å². The van der Waals surface area contributed by atoms with Crippen molar-refractivity contribution in [1.29, 1.82) is 0 Å². The van der Waals surface area contributed by atoms with Crippen LogP contribution in [0.4, 0.5) is 0 Å². The normalized spacial score (nSPS) is 14.3. The Hall–Kier alpha value is -2.66. The van der Waals surface area contributed by atoms with E-state index < -0.39 is 5.60 Å². The van der Waals surface area contributed by atoms with Gasteiger partial charge in [-0.05, 0) is 31.2 Å². The van der Waals surface area contributed by atoms with Crippen LogP contribution < -0.4 is 4.57 Å². The highest BCUT2D eigenvalue weighted by atomic mass is 16.5. The standard InChI is InChI=1S/C19H20N4O/c1-19(24-4,17-20-13-9-5-7-11-15(13)22(17)2)18-21-14-10-6-8-12-16(14)23(18)3/h5-12H,1-4H3/p+1. The average molecular weight is 321 g/mol. The fraction of sp³-hybridized carbons (Fsp3) is 0.263. The molecule has 2 heterocycles. The second-order valence-electron chi connectivity index (χ2n) is 6.27. The van der Waals surface area contributed by atoms with Gasteiger partial charge in [0.15, 0.2) is 16.9 Å². The minimum Gasteiger partial charge on any atom is -0.359 e. The summed E-state index contributed by atoms with van der Waals surface area (Å²) in [4.78, 5) is 8.36. The van der Waals surface area contributed by atoms with E-state index in [1.807, 2.05) is 44.4 Å². The van der Waals surface area contributed by atoms with E-state index in [1.165, 1.54) is 0 Å². The van der Waals surface area contributed by atoms with Crippen LogP contribution in [0.1, 0.15) is 18.6 Å². The molecule has 0 aliphatic carbocycles. The maximum Gasteiger partial charge on any atom is 0.295 e. The molecule has 0 fully saturated rings. The summed E-state index contributed by atoms with van der Waals surface area (Å²) in [6.45, 7) is 2.05. The number of aryl methyl sites for hydroxylation is 2. The van der Waals surface area contributed by atoms with E-state index in [-0.39, 0.29) is 0 Å². The molecule has 0 spiro atoms. The lowest BCUT2D eigenvalue weighted by molar-refractivity contribution is -0.659. The number of ether oxygens (including phenoxy) is 1. The second kappa shape index (κ2) is 5.18. The number of nitrogens with one attached hydrogen (secondary N) is 1. The number of aromatic amines is 1. The lowest BCUT2D eigenvalue weighted by atomic mass is 10.0. The summed E-state index contributed by atoms with van der Waals surface area (Å²) in [5, 5.41) is 0. The van der Waals surface area contributed by atoms with E-state index in [4.69, 9.17) is 9.72 Å². The highest BCUT2D eigenvalue weighted by Gasteiger charge is 2.43. The predicted molar refractivity (Wildman–Crippen MR) is 93.7 cm³/mol. The Bertz CT molecular complexity index is 964. The van der Waals surface area contributed by atoms with Crippen LogP contribution in [0.2, 0.25) is 0 Å². The molecule has 2 aromatic carbocycles. The molecule has 0 aliphatic heterocycles. The molecule has 0 saturated carbocycles. The van der Waals surface area contributed by atoms with Gasteiger partial charge in [-0.15, -0.1) is 0 Å². The van der Waals surface area contributed by atoms with Crippen LogP contribution in [0.3, 0.4) is 0 Å². The molecule has 5 nitrogen and oxygen atoms in total. The van der Waals surface area contributed by atoms with Crippen LogP contribution >= 0.6 is 0 Å². The van der Waals surface area contributed by atoms with E-state index >= 15 is 0 Å². The van der Waals surface area contributed by atoms with Crippen molar-refractivity contribution in [3.8, 4) is 0 Å². The molecule has 5 heteroatoms. The second-order valence-corrected chi connectivity index (χ2v) is 6.27. The summed E-state index contributed by atoms with van der Waals surface area (Å²) < 4.78 is 10.2. The van der Waals surface area contributed by atoms with Gasteiger partial charge in [0, 0.05) is 14.2 Å². The number of nitrogens with zero attached hydrogens (tertiary/aromatic N) is 3. The van der Waals surface area contributed by atoms with E-state index in [9.17, 15) is 0 Å². The monoisotopic (exact) mass is 321 g/mol. The fourth-order valence-electron chi connectivity index (χ4n) is 3.51. The van der Waals surface area contributed by atoms with Crippen LogP contribution in [0, 0.1) is 0 Å². The van der Waals surface area contributed by atoms with Crippen molar-refractivity contribution >= 4 is 22.1 Å². The topological polar surface area (TPSA) is 46.7 Å². The van der Waals surface area contributed by atoms with Gasteiger partial charge in [0.1, 0.15) is 0 Å². The van der Waals surface area contributed by atoms with Crippen molar-refractivity contribution in [3.63, 3.8) is 0 Å². The molecular formula is C19H21N4O+. The molecule has 0 amide bonds. The average Bonchev–Trinajstić information content (AvgIpc) is 3.14. The van der Waals surface area contributed by atoms with Crippen LogP contribution in [0.5, 0.6) is 0 Å². The van der Waals surface area contributed by atoms with E-state index in [0.29, 0.717) is 0 Å². The van der Waals surface area contributed by atoms with E-state index in [1.54, 1.807) is 7.11 Å². The highest BCUT2D eigenvalue weighted by Crippen LogP contribution is 2.32. The van der Waals surface area contributed by atoms with E-state index in [2.05, 4.69) is 39.2 Å². The van der Waals surface area contributed by atoms with Crippen molar-refractivity contribution in [2.75, 3.05) is 7.11 Å². The van der Waals surface area contributed by atoms with Crippen LogP contribution in [0.15, 0.2) is 48.5 Å². The van der Waals surface area contributed by atoms with Gasteiger partial charge in [0.05, 0.1) is 18.1 Å². The number of rotatable bonds is 3.